The van der Waals surface area contributed by atoms with E-state index in [-0.39, 0.29) is 0 Å². The molecule has 1 saturated carbocycles. The lowest BCUT2D eigenvalue weighted by atomic mass is 9.75. The lowest BCUT2D eigenvalue weighted by molar-refractivity contribution is 0.144. The number of hydrogen-bond acceptors (Lipinski definition) is 1. The van der Waals surface area contributed by atoms with E-state index in [9.17, 15) is 0 Å². The first-order valence-electron chi connectivity index (χ1n) is 4.16. The molecule has 0 bridgehead atoms. The van der Waals surface area contributed by atoms with E-state index in [0.717, 1.165) is 0 Å². The Hall–Kier alpha value is -0.0400. The topological polar surface area (TPSA) is 12.0 Å². The van der Waals surface area contributed by atoms with Crippen LogP contribution in [0.3, 0.4) is 0 Å². The molecule has 0 radical (unpaired) electrons. The molecule has 1 aliphatic carbocycles. The molecule has 0 aromatic rings. The summed E-state index contributed by atoms with van der Waals surface area (Å²) < 4.78 is 0. The molecule has 0 unspecified atom stereocenters. The fourth-order valence-electron chi connectivity index (χ4n) is 2.13. The van der Waals surface area contributed by atoms with Crippen molar-refractivity contribution >= 4 is 0 Å². The van der Waals surface area contributed by atoms with E-state index in [0.29, 0.717) is 5.54 Å². The zero-order valence-corrected chi connectivity index (χ0v) is 5.95. The second-order valence-electron chi connectivity index (χ2n) is 3.52. The Labute approximate surface area is 56.8 Å². The van der Waals surface area contributed by atoms with Gasteiger partial charge < -0.3 is 5.32 Å². The Kier molecular flexibility index (Phi) is 1.26. The van der Waals surface area contributed by atoms with Gasteiger partial charge in [0.2, 0.25) is 0 Å². The summed E-state index contributed by atoms with van der Waals surface area (Å²) in [6.07, 6.45) is 8.76. The van der Waals surface area contributed by atoms with Gasteiger partial charge in [0.1, 0.15) is 0 Å². The third kappa shape index (κ3) is 0.877. The monoisotopic (exact) mass is 125 g/mol. The van der Waals surface area contributed by atoms with E-state index in [4.69, 9.17) is 0 Å². The molecule has 1 N–H and O–H groups in total. The fourth-order valence-corrected chi connectivity index (χ4v) is 2.13. The summed E-state index contributed by atoms with van der Waals surface area (Å²) in [5, 5.41) is 3.56. The van der Waals surface area contributed by atoms with Crippen LogP contribution in [0.5, 0.6) is 0 Å². The normalized spacial score (nSPS) is 32.0. The van der Waals surface area contributed by atoms with Gasteiger partial charge in [-0.3, -0.25) is 0 Å². The summed E-state index contributed by atoms with van der Waals surface area (Å²) >= 11 is 0. The molecule has 2 fully saturated rings. The van der Waals surface area contributed by atoms with Crippen molar-refractivity contribution in [2.24, 2.45) is 0 Å². The lowest BCUT2D eigenvalue weighted by Gasteiger charge is -2.46. The second-order valence-corrected chi connectivity index (χ2v) is 3.52. The Bertz CT molecular complexity index is 97.1. The summed E-state index contributed by atoms with van der Waals surface area (Å²) in [6, 6.07) is 0. The molecule has 2 rings (SSSR count). The third-order valence-electron chi connectivity index (χ3n) is 2.91. The maximum Gasteiger partial charge on any atom is 0.0193 e. The molecular weight excluding hydrogens is 110 g/mol. The van der Waals surface area contributed by atoms with Gasteiger partial charge in [0.05, 0.1) is 0 Å². The lowest BCUT2D eigenvalue weighted by Crippen LogP contribution is -2.57. The van der Waals surface area contributed by atoms with Gasteiger partial charge in [-0.1, -0.05) is 19.3 Å². The second kappa shape index (κ2) is 1.98. The van der Waals surface area contributed by atoms with Gasteiger partial charge in [-0.15, -0.1) is 0 Å². The van der Waals surface area contributed by atoms with Gasteiger partial charge in [0.25, 0.3) is 0 Å². The first-order chi connectivity index (χ1) is 4.41. The van der Waals surface area contributed by atoms with E-state index in [1.54, 1.807) is 0 Å². The van der Waals surface area contributed by atoms with Crippen LogP contribution < -0.4 is 5.32 Å². The van der Waals surface area contributed by atoms with Crippen molar-refractivity contribution in [3.8, 4) is 0 Å². The molecule has 1 spiro atoms. The van der Waals surface area contributed by atoms with E-state index in [2.05, 4.69) is 5.32 Å². The maximum absolute atomic E-state index is 3.56. The Morgan fingerprint density at radius 2 is 1.56 bits per heavy atom. The van der Waals surface area contributed by atoms with Crippen LogP contribution >= 0.6 is 0 Å². The van der Waals surface area contributed by atoms with Crippen molar-refractivity contribution in [1.82, 2.24) is 5.32 Å². The predicted molar refractivity (Wildman–Crippen MR) is 38.4 cm³/mol. The van der Waals surface area contributed by atoms with Crippen LogP contribution in [0.4, 0.5) is 0 Å². The van der Waals surface area contributed by atoms with E-state index < -0.39 is 0 Å². The van der Waals surface area contributed by atoms with Gasteiger partial charge in [0, 0.05) is 5.54 Å². The Balaban J connectivity index is 1.93. The van der Waals surface area contributed by atoms with Crippen LogP contribution in [0.2, 0.25) is 0 Å². The molecule has 52 valence electrons. The van der Waals surface area contributed by atoms with Crippen molar-refractivity contribution in [2.45, 2.75) is 44.1 Å². The number of rotatable bonds is 0. The molecular formula is C8H15N. The van der Waals surface area contributed by atoms with Crippen LogP contribution in [0.15, 0.2) is 0 Å². The minimum atomic E-state index is 0.651. The summed E-state index contributed by atoms with van der Waals surface area (Å²) in [5.41, 5.74) is 0.651. The molecule has 0 atom stereocenters. The molecule has 0 aromatic carbocycles. The molecule has 1 saturated heterocycles. The van der Waals surface area contributed by atoms with Gasteiger partial charge in [-0.25, -0.2) is 0 Å². The van der Waals surface area contributed by atoms with Crippen LogP contribution in [0.25, 0.3) is 0 Å². The Morgan fingerprint density at radius 3 is 1.89 bits per heavy atom. The fraction of sp³-hybridized carbons (Fsp3) is 1.00. The standard InChI is InChI=1S/C8H15N/c1-2-4-8(5-3-1)6-7-9-8/h9H,1-7H2. The smallest absolute Gasteiger partial charge is 0.0193 e. The molecule has 2 aliphatic rings. The first-order valence-corrected chi connectivity index (χ1v) is 4.16. The molecule has 0 aromatic heterocycles. The van der Waals surface area contributed by atoms with Crippen molar-refractivity contribution in [1.29, 1.82) is 0 Å². The van der Waals surface area contributed by atoms with Crippen LogP contribution in [0, 0.1) is 0 Å². The van der Waals surface area contributed by atoms with Gasteiger partial charge >= 0.3 is 0 Å². The van der Waals surface area contributed by atoms with Crippen LogP contribution in [-0.4, -0.2) is 12.1 Å². The molecule has 1 aliphatic heterocycles. The third-order valence-corrected chi connectivity index (χ3v) is 2.91. The maximum atomic E-state index is 3.56. The molecule has 1 heterocycles. The van der Waals surface area contributed by atoms with Crippen molar-refractivity contribution in [2.75, 3.05) is 6.54 Å². The average Bonchev–Trinajstić information content (AvgIpc) is 1.87. The zero-order valence-electron chi connectivity index (χ0n) is 5.95. The van der Waals surface area contributed by atoms with Gasteiger partial charge in [-0.05, 0) is 25.8 Å². The van der Waals surface area contributed by atoms with Gasteiger partial charge in [-0.2, -0.15) is 0 Å². The number of nitrogens with one attached hydrogen (secondary N) is 1. The summed E-state index contributed by atoms with van der Waals surface area (Å²) in [4.78, 5) is 0. The molecule has 0 amide bonds. The van der Waals surface area contributed by atoms with Crippen LogP contribution in [-0.2, 0) is 0 Å². The highest BCUT2D eigenvalue weighted by Crippen LogP contribution is 2.34. The van der Waals surface area contributed by atoms with Crippen molar-refractivity contribution in [3.05, 3.63) is 0 Å². The van der Waals surface area contributed by atoms with E-state index in [1.807, 2.05) is 0 Å². The van der Waals surface area contributed by atoms with Crippen molar-refractivity contribution < 1.29 is 0 Å². The van der Waals surface area contributed by atoms with Gasteiger partial charge in [0.15, 0.2) is 0 Å². The minimum Gasteiger partial charge on any atom is -0.311 e. The summed E-state index contributed by atoms with van der Waals surface area (Å²) in [6.45, 7) is 1.28. The highest BCUT2D eigenvalue weighted by molar-refractivity contribution is 4.97. The van der Waals surface area contributed by atoms with E-state index >= 15 is 0 Å². The highest BCUT2D eigenvalue weighted by atomic mass is 15.0. The summed E-state index contributed by atoms with van der Waals surface area (Å²) in [7, 11) is 0. The molecule has 9 heavy (non-hydrogen) atoms. The molecule has 1 nitrogen and oxygen atoms in total. The van der Waals surface area contributed by atoms with E-state index in [1.165, 1.54) is 45.1 Å². The van der Waals surface area contributed by atoms with Crippen LogP contribution in [0.1, 0.15) is 38.5 Å². The molecule has 1 heteroatoms. The average molecular weight is 125 g/mol. The van der Waals surface area contributed by atoms with Crippen molar-refractivity contribution in [3.63, 3.8) is 0 Å². The summed E-state index contributed by atoms with van der Waals surface area (Å²) in [5.74, 6) is 0. The predicted octanol–water partition coefficient (Wildman–Crippen LogP) is 1.68. The largest absolute Gasteiger partial charge is 0.311 e. The highest BCUT2D eigenvalue weighted by Gasteiger charge is 2.36. The SMILES string of the molecule is C1CCC2(CC1)CCN2. The minimum absolute atomic E-state index is 0.651. The first kappa shape index (κ1) is 5.72. The quantitative estimate of drug-likeness (QED) is 0.519. The number of hydrogen-bond donors (Lipinski definition) is 1. The zero-order chi connectivity index (χ0) is 6.16. The Morgan fingerprint density at radius 1 is 0.889 bits per heavy atom.